The minimum atomic E-state index is -1.01. The van der Waals surface area contributed by atoms with Crippen molar-refractivity contribution in [3.63, 3.8) is 0 Å². The van der Waals surface area contributed by atoms with Crippen molar-refractivity contribution < 1.29 is 28.7 Å². The lowest BCUT2D eigenvalue weighted by Gasteiger charge is -2.32. The van der Waals surface area contributed by atoms with E-state index in [1.54, 1.807) is 46.2 Å². The van der Waals surface area contributed by atoms with Crippen molar-refractivity contribution in [1.29, 1.82) is 0 Å². The van der Waals surface area contributed by atoms with E-state index in [1.165, 1.54) is 0 Å². The largest absolute Gasteiger partial charge is 0.460 e. The second-order valence-electron chi connectivity index (χ2n) is 14.8. The number of hydrogen-bond acceptors (Lipinski definition) is 8. The average molecular weight is 637 g/mol. The van der Waals surface area contributed by atoms with E-state index in [1.807, 2.05) is 27.0 Å². The van der Waals surface area contributed by atoms with Crippen LogP contribution in [-0.4, -0.2) is 62.2 Å². The molecular weight excluding hydrogens is 576 g/mol. The van der Waals surface area contributed by atoms with Crippen LogP contribution in [0, 0.1) is 5.41 Å². The van der Waals surface area contributed by atoms with E-state index in [9.17, 15) is 19.2 Å². The van der Waals surface area contributed by atoms with Crippen molar-refractivity contribution in [2.75, 3.05) is 0 Å². The van der Waals surface area contributed by atoms with Crippen LogP contribution in [0.2, 0.25) is 0 Å². The van der Waals surface area contributed by atoms with Crippen molar-refractivity contribution in [2.24, 2.45) is 5.41 Å². The quantitative estimate of drug-likeness (QED) is 0.139. The summed E-state index contributed by atoms with van der Waals surface area (Å²) in [6, 6.07) is -1.69. The van der Waals surface area contributed by atoms with E-state index in [4.69, 9.17) is 9.47 Å². The molecule has 1 rings (SSSR count). The Morgan fingerprint density at radius 3 is 2.09 bits per heavy atom. The highest BCUT2D eigenvalue weighted by atomic mass is 16.6. The van der Waals surface area contributed by atoms with Crippen LogP contribution in [0.25, 0.3) is 0 Å². The standard InChI is InChI=1S/C33H60N6O6/c1-11-12-13-14-18-27(40)34-22-24-23-39(38-37-24)21-16-15-17-26(31(2,3)4)36-30(43)35-25(29(42)45-33(8,9)10)19-20-28(41)44-32(5,6)7/h23,25-26H,11-22H2,1-10H3,(H,34,40)(H2,35,36,43)/t25-,26-/m0/s1. The maximum Gasteiger partial charge on any atom is 0.329 e. The lowest BCUT2D eigenvalue weighted by Crippen LogP contribution is -2.53. The molecule has 3 N–H and O–H groups in total. The molecule has 2 atom stereocenters. The summed E-state index contributed by atoms with van der Waals surface area (Å²) >= 11 is 0. The summed E-state index contributed by atoms with van der Waals surface area (Å²) in [4.78, 5) is 50.3. The molecule has 0 unspecified atom stereocenters. The number of esters is 2. The minimum absolute atomic E-state index is 0.0332. The molecule has 0 aromatic carbocycles. The third-order valence-corrected chi connectivity index (χ3v) is 6.84. The number of aromatic nitrogens is 3. The first-order chi connectivity index (χ1) is 20.8. The number of aryl methyl sites for hydroxylation is 1. The van der Waals surface area contributed by atoms with E-state index in [2.05, 4.69) is 33.2 Å². The van der Waals surface area contributed by atoms with Crippen LogP contribution in [-0.2, 0) is 36.9 Å². The van der Waals surface area contributed by atoms with Gasteiger partial charge in [0, 0.05) is 25.4 Å². The number of nitrogens with one attached hydrogen (secondary N) is 3. The van der Waals surface area contributed by atoms with Gasteiger partial charge in [-0.1, -0.05) is 52.2 Å². The van der Waals surface area contributed by atoms with Crippen LogP contribution in [0.1, 0.15) is 139 Å². The van der Waals surface area contributed by atoms with Crippen LogP contribution in [0.15, 0.2) is 6.20 Å². The number of carbonyl (C=O) groups excluding carboxylic acids is 4. The molecule has 0 bridgehead atoms. The van der Waals surface area contributed by atoms with Gasteiger partial charge in [0.1, 0.15) is 22.9 Å². The SMILES string of the molecule is CCCCCCC(=O)NCc1cn(CCCC[C@H](NC(=O)N[C@@H](CCC(=O)OC(C)(C)C)C(=O)OC(C)(C)C)C(C)(C)C)nn1. The number of carbonyl (C=O) groups is 4. The third kappa shape index (κ3) is 19.1. The van der Waals surface area contributed by atoms with Crippen molar-refractivity contribution >= 4 is 23.9 Å². The van der Waals surface area contributed by atoms with Crippen LogP contribution in [0.3, 0.4) is 0 Å². The van der Waals surface area contributed by atoms with E-state index in [0.29, 0.717) is 31.6 Å². The highest BCUT2D eigenvalue weighted by Crippen LogP contribution is 2.24. The molecule has 1 aromatic heterocycles. The fourth-order valence-corrected chi connectivity index (χ4v) is 4.50. The summed E-state index contributed by atoms with van der Waals surface area (Å²) in [5.41, 5.74) is -0.927. The van der Waals surface area contributed by atoms with Crippen LogP contribution < -0.4 is 16.0 Å². The molecule has 0 aliphatic heterocycles. The molecular formula is C33H60N6O6. The van der Waals surface area contributed by atoms with Crippen LogP contribution in [0.4, 0.5) is 4.79 Å². The predicted molar refractivity (Wildman–Crippen MR) is 174 cm³/mol. The Kier molecular flexibility index (Phi) is 16.6. The zero-order chi connectivity index (χ0) is 34.3. The van der Waals surface area contributed by atoms with Gasteiger partial charge in [-0.05, 0) is 79.1 Å². The second-order valence-corrected chi connectivity index (χ2v) is 14.8. The fourth-order valence-electron chi connectivity index (χ4n) is 4.50. The van der Waals surface area contributed by atoms with Gasteiger partial charge in [0.15, 0.2) is 0 Å². The molecule has 0 fully saturated rings. The Morgan fingerprint density at radius 2 is 1.49 bits per heavy atom. The topological polar surface area (TPSA) is 154 Å². The van der Waals surface area contributed by atoms with E-state index >= 15 is 0 Å². The fraction of sp³-hybridized carbons (Fsp3) is 0.818. The summed E-state index contributed by atoms with van der Waals surface area (Å²) in [5, 5.41) is 17.0. The van der Waals surface area contributed by atoms with Gasteiger partial charge in [-0.15, -0.1) is 5.10 Å². The second kappa shape index (κ2) is 18.7. The molecule has 12 nitrogen and oxygen atoms in total. The van der Waals surface area contributed by atoms with Crippen molar-refractivity contribution in [2.45, 2.75) is 170 Å². The molecule has 258 valence electrons. The first-order valence-corrected chi connectivity index (χ1v) is 16.5. The van der Waals surface area contributed by atoms with Crippen LogP contribution in [0.5, 0.6) is 0 Å². The Hall–Kier alpha value is -3.18. The molecule has 3 amide bonds. The highest BCUT2D eigenvalue weighted by molar-refractivity contribution is 5.84. The lowest BCUT2D eigenvalue weighted by molar-refractivity contribution is -0.158. The maximum atomic E-state index is 13.1. The molecule has 1 heterocycles. The normalized spacial score (nSPS) is 13.5. The maximum absolute atomic E-state index is 13.1. The molecule has 0 saturated heterocycles. The number of unbranched alkanes of at least 4 members (excludes halogenated alkanes) is 4. The van der Waals surface area contributed by atoms with Gasteiger partial charge in [-0.3, -0.25) is 14.3 Å². The third-order valence-electron chi connectivity index (χ3n) is 6.84. The summed E-state index contributed by atoms with van der Waals surface area (Å²) in [6.45, 7) is 19.9. The van der Waals surface area contributed by atoms with Crippen molar-refractivity contribution in [3.8, 4) is 0 Å². The molecule has 0 spiro atoms. The van der Waals surface area contributed by atoms with Gasteiger partial charge in [-0.2, -0.15) is 0 Å². The van der Waals surface area contributed by atoms with Crippen LogP contribution >= 0.6 is 0 Å². The number of hydrogen-bond donors (Lipinski definition) is 3. The minimum Gasteiger partial charge on any atom is -0.460 e. The van der Waals surface area contributed by atoms with Crippen molar-refractivity contribution in [3.05, 3.63) is 11.9 Å². The van der Waals surface area contributed by atoms with E-state index < -0.39 is 35.2 Å². The number of ether oxygens (including phenoxy) is 2. The molecule has 1 aromatic rings. The van der Waals surface area contributed by atoms with Crippen molar-refractivity contribution in [1.82, 2.24) is 30.9 Å². The average Bonchev–Trinajstić information content (AvgIpc) is 3.34. The van der Waals surface area contributed by atoms with Gasteiger partial charge >= 0.3 is 18.0 Å². The number of urea groups is 1. The Bertz CT molecular complexity index is 1070. The smallest absolute Gasteiger partial charge is 0.329 e. The first-order valence-electron chi connectivity index (χ1n) is 16.5. The summed E-state index contributed by atoms with van der Waals surface area (Å²) in [7, 11) is 0. The monoisotopic (exact) mass is 636 g/mol. The summed E-state index contributed by atoms with van der Waals surface area (Å²) in [5.74, 6) is -1.02. The molecule has 0 aliphatic carbocycles. The Labute approximate surface area is 270 Å². The summed E-state index contributed by atoms with van der Waals surface area (Å²) in [6.07, 6.45) is 8.99. The van der Waals surface area contributed by atoms with Gasteiger partial charge in [0.2, 0.25) is 5.91 Å². The molecule has 0 aliphatic rings. The molecule has 0 saturated carbocycles. The summed E-state index contributed by atoms with van der Waals surface area (Å²) < 4.78 is 12.6. The van der Waals surface area contributed by atoms with Gasteiger partial charge in [0.25, 0.3) is 0 Å². The molecule has 12 heteroatoms. The highest BCUT2D eigenvalue weighted by Gasteiger charge is 2.31. The van der Waals surface area contributed by atoms with E-state index in [-0.39, 0.29) is 30.2 Å². The van der Waals surface area contributed by atoms with Gasteiger partial charge in [-0.25, -0.2) is 9.59 Å². The predicted octanol–water partition coefficient (Wildman–Crippen LogP) is 5.58. The Morgan fingerprint density at radius 1 is 0.822 bits per heavy atom. The van der Waals surface area contributed by atoms with Gasteiger partial charge < -0.3 is 25.4 Å². The number of rotatable bonds is 18. The molecule has 45 heavy (non-hydrogen) atoms. The van der Waals surface area contributed by atoms with Gasteiger partial charge in [0.05, 0.1) is 12.7 Å². The Balaban J connectivity index is 2.65. The first kappa shape index (κ1) is 39.8. The lowest BCUT2D eigenvalue weighted by atomic mass is 9.84. The van der Waals surface area contributed by atoms with E-state index in [0.717, 1.165) is 38.5 Å². The number of amides is 3. The zero-order valence-corrected chi connectivity index (χ0v) is 29.5. The zero-order valence-electron chi connectivity index (χ0n) is 29.5. The number of nitrogens with zero attached hydrogens (tertiary/aromatic N) is 3. The molecule has 0 radical (unpaired) electrons.